The van der Waals surface area contributed by atoms with Crippen LogP contribution >= 0.6 is 0 Å². The van der Waals surface area contributed by atoms with Gasteiger partial charge in [0.25, 0.3) is 0 Å². The van der Waals surface area contributed by atoms with Gasteiger partial charge in [0.2, 0.25) is 11.8 Å². The van der Waals surface area contributed by atoms with Crippen molar-refractivity contribution < 1.29 is 19.8 Å². The quantitative estimate of drug-likeness (QED) is 0.0920. The second-order valence-electron chi connectivity index (χ2n) is 18.0. The van der Waals surface area contributed by atoms with Gasteiger partial charge in [-0.2, -0.15) is 0 Å². The first kappa shape index (κ1) is 36.7. The van der Waals surface area contributed by atoms with Crippen molar-refractivity contribution in [1.82, 2.24) is 30.6 Å². The second-order valence-corrected chi connectivity index (χ2v) is 18.0. The van der Waals surface area contributed by atoms with Crippen LogP contribution < -0.4 is 10.6 Å². The van der Waals surface area contributed by atoms with Crippen LogP contribution in [0, 0.1) is 21.7 Å². The summed E-state index contributed by atoms with van der Waals surface area (Å²) in [6, 6.07) is 16.3. The molecule has 54 heavy (non-hydrogen) atoms. The van der Waals surface area contributed by atoms with Gasteiger partial charge in [0.1, 0.15) is 11.6 Å². The molecule has 0 aliphatic heterocycles. The Labute approximate surface area is 318 Å². The minimum atomic E-state index is -0.776. The van der Waals surface area contributed by atoms with Gasteiger partial charge in [0, 0.05) is 0 Å². The lowest BCUT2D eigenvalue weighted by Gasteiger charge is -2.38. The second kappa shape index (κ2) is 13.8. The molecule has 286 valence electrons. The highest BCUT2D eigenvalue weighted by molar-refractivity contribution is 5.84. The minimum absolute atomic E-state index is 0.0565. The van der Waals surface area contributed by atoms with Gasteiger partial charge in [-0.1, -0.05) is 88.1 Å². The highest BCUT2D eigenvalue weighted by Gasteiger charge is 2.52. The number of hydrogen-bond acceptors (Lipinski definition) is 6. The van der Waals surface area contributed by atoms with E-state index < -0.39 is 23.0 Å². The summed E-state index contributed by atoms with van der Waals surface area (Å²) >= 11 is 0. The van der Waals surface area contributed by atoms with Gasteiger partial charge in [-0.3, -0.25) is 9.59 Å². The van der Waals surface area contributed by atoms with E-state index in [-0.39, 0.29) is 34.7 Å². The molecule has 8 rings (SSSR count). The van der Waals surface area contributed by atoms with E-state index in [0.717, 1.165) is 96.7 Å². The van der Waals surface area contributed by atoms with Crippen molar-refractivity contribution >= 4 is 11.8 Å². The maximum Gasteiger partial charge on any atom is 0.229 e. The Bertz CT molecular complexity index is 1850. The van der Waals surface area contributed by atoms with Gasteiger partial charge in [0.15, 0.2) is 0 Å². The van der Waals surface area contributed by atoms with E-state index in [1.807, 2.05) is 26.2 Å². The molecule has 4 aromatic rings. The third-order valence-electron chi connectivity index (χ3n) is 13.8. The van der Waals surface area contributed by atoms with Crippen LogP contribution in [-0.4, -0.2) is 54.2 Å². The molecular formula is C44H56N6O4. The van der Waals surface area contributed by atoms with Crippen LogP contribution in [0.5, 0.6) is 0 Å². The van der Waals surface area contributed by atoms with E-state index in [1.54, 1.807) is 0 Å². The molecule has 2 unspecified atom stereocenters. The molecule has 10 nitrogen and oxygen atoms in total. The van der Waals surface area contributed by atoms with E-state index in [2.05, 4.69) is 83.0 Å². The molecule has 2 heterocycles. The fourth-order valence-corrected chi connectivity index (χ4v) is 8.81. The fraction of sp³-hybridized carbons (Fsp3) is 0.545. The zero-order valence-electron chi connectivity index (χ0n) is 32.2. The molecule has 4 aliphatic rings. The van der Waals surface area contributed by atoms with E-state index in [0.29, 0.717) is 25.7 Å². The zero-order chi connectivity index (χ0) is 37.9. The van der Waals surface area contributed by atoms with Gasteiger partial charge >= 0.3 is 0 Å². The number of carbonyl (C=O) groups excluding carboxylic acids is 2. The molecule has 2 amide bonds. The fourth-order valence-electron chi connectivity index (χ4n) is 8.81. The van der Waals surface area contributed by atoms with Crippen molar-refractivity contribution in [3.05, 3.63) is 72.6 Å². The molecule has 2 aromatic heterocycles. The summed E-state index contributed by atoms with van der Waals surface area (Å²) in [6.45, 7) is 8.19. The SMILES string of the molecule is CC1([C@H](NC(=O)C2(C)CCCC[C@@H]2O)c2ncc(-c3ccc(-c4ccc(-c5cnc([C@@H](NC(=O)C6(C)CCCC[C@@H]6O)C6(C)CC6)[nH]5)cc4)cc3)[nH]2)CC1. The summed E-state index contributed by atoms with van der Waals surface area (Å²) in [5.41, 5.74) is 4.33. The van der Waals surface area contributed by atoms with Crippen LogP contribution in [-0.2, 0) is 9.59 Å². The molecule has 4 saturated carbocycles. The lowest BCUT2D eigenvalue weighted by Crippen LogP contribution is -2.50. The van der Waals surface area contributed by atoms with E-state index in [9.17, 15) is 19.8 Å². The minimum Gasteiger partial charge on any atom is -0.392 e. The monoisotopic (exact) mass is 732 g/mol. The topological polar surface area (TPSA) is 156 Å². The Morgan fingerprint density at radius 2 is 0.944 bits per heavy atom. The van der Waals surface area contributed by atoms with Crippen molar-refractivity contribution in [1.29, 1.82) is 0 Å². The highest BCUT2D eigenvalue weighted by Crippen LogP contribution is 2.55. The number of rotatable bonds is 11. The molecule has 10 heteroatoms. The first-order valence-corrected chi connectivity index (χ1v) is 20.1. The van der Waals surface area contributed by atoms with E-state index in [1.165, 1.54) is 0 Å². The Hall–Kier alpha value is -4.28. The number of hydrogen-bond donors (Lipinski definition) is 6. The Morgan fingerprint density at radius 3 is 1.28 bits per heavy atom. The van der Waals surface area contributed by atoms with Crippen molar-refractivity contribution in [2.24, 2.45) is 21.7 Å². The van der Waals surface area contributed by atoms with Crippen molar-refractivity contribution in [3.8, 4) is 33.6 Å². The first-order valence-electron chi connectivity index (χ1n) is 20.1. The Morgan fingerprint density at radius 1 is 0.593 bits per heavy atom. The molecule has 4 aliphatic carbocycles. The number of aliphatic hydroxyl groups excluding tert-OH is 2. The summed E-state index contributed by atoms with van der Waals surface area (Å²) < 4.78 is 0. The predicted molar refractivity (Wildman–Crippen MR) is 209 cm³/mol. The summed E-state index contributed by atoms with van der Waals surface area (Å²) in [7, 11) is 0. The van der Waals surface area contributed by atoms with Crippen LogP contribution in [0.1, 0.15) is 128 Å². The zero-order valence-corrected chi connectivity index (χ0v) is 32.2. The van der Waals surface area contributed by atoms with Crippen molar-refractivity contribution in [3.63, 3.8) is 0 Å². The molecule has 0 spiro atoms. The number of benzene rings is 2. The molecule has 0 radical (unpaired) electrons. The average Bonchev–Trinajstić information content (AvgIpc) is 3.96. The maximum absolute atomic E-state index is 13.6. The number of carbonyl (C=O) groups is 2. The Kier molecular flexibility index (Phi) is 9.36. The first-order chi connectivity index (χ1) is 25.8. The van der Waals surface area contributed by atoms with Gasteiger partial charge in [-0.15, -0.1) is 0 Å². The van der Waals surface area contributed by atoms with E-state index in [4.69, 9.17) is 9.97 Å². The maximum atomic E-state index is 13.6. The van der Waals surface area contributed by atoms with Gasteiger partial charge in [0.05, 0.1) is 58.9 Å². The molecular weight excluding hydrogens is 677 g/mol. The standard InChI is InChI=1S/C44H56N6O4/c1-41(21-22-41)35(49-39(53)43(3)19-7-5-9-33(43)51)37-45-25-31(47-37)29-15-11-27(12-16-29)28-13-17-30(18-14-28)32-26-46-38(48-32)36(42(2)23-24-42)50-40(54)44(4)20-8-6-10-34(44)52/h11-18,25-26,33-36,51-52H,5-10,19-24H2,1-4H3,(H,45,47)(H,46,48)(H,49,53)(H,50,54)/t33-,34-,35+,36+,43?,44?/m0/s1. The van der Waals surface area contributed by atoms with Gasteiger partial charge in [-0.05, 0) is 98.3 Å². The number of aromatic nitrogens is 4. The number of nitrogens with zero attached hydrogens (tertiary/aromatic N) is 2. The van der Waals surface area contributed by atoms with Crippen LogP contribution in [0.25, 0.3) is 33.6 Å². The molecule has 6 atom stereocenters. The Balaban J connectivity index is 0.942. The summed E-state index contributed by atoms with van der Waals surface area (Å²) in [5.74, 6) is 1.35. The largest absolute Gasteiger partial charge is 0.392 e. The average molecular weight is 733 g/mol. The highest BCUT2D eigenvalue weighted by atomic mass is 16.3. The lowest BCUT2D eigenvalue weighted by atomic mass is 9.72. The number of amides is 2. The number of aromatic amines is 2. The third-order valence-corrected chi connectivity index (χ3v) is 13.8. The molecule has 6 N–H and O–H groups in total. The van der Waals surface area contributed by atoms with E-state index >= 15 is 0 Å². The number of aliphatic hydroxyl groups is 2. The van der Waals surface area contributed by atoms with Crippen molar-refractivity contribution in [2.45, 2.75) is 129 Å². The van der Waals surface area contributed by atoms with Crippen LogP contribution in [0.3, 0.4) is 0 Å². The number of nitrogens with one attached hydrogen (secondary N) is 4. The van der Waals surface area contributed by atoms with Crippen LogP contribution in [0.15, 0.2) is 60.9 Å². The predicted octanol–water partition coefficient (Wildman–Crippen LogP) is 7.93. The van der Waals surface area contributed by atoms with Gasteiger partial charge < -0.3 is 30.8 Å². The molecule has 4 fully saturated rings. The molecule has 0 saturated heterocycles. The lowest BCUT2D eigenvalue weighted by molar-refractivity contribution is -0.142. The van der Waals surface area contributed by atoms with Gasteiger partial charge in [-0.25, -0.2) is 9.97 Å². The normalized spacial score (nSPS) is 28.1. The number of H-pyrrole nitrogens is 2. The summed E-state index contributed by atoms with van der Waals surface area (Å²) in [5, 5.41) is 28.1. The number of imidazole rings is 2. The van der Waals surface area contributed by atoms with Crippen LogP contribution in [0.4, 0.5) is 0 Å². The van der Waals surface area contributed by atoms with Crippen LogP contribution in [0.2, 0.25) is 0 Å². The molecule has 0 bridgehead atoms. The molecule has 2 aromatic carbocycles. The summed E-state index contributed by atoms with van der Waals surface area (Å²) in [4.78, 5) is 43.7. The summed E-state index contributed by atoms with van der Waals surface area (Å²) in [6.07, 6.45) is 13.1. The third kappa shape index (κ3) is 6.80. The van der Waals surface area contributed by atoms with Crippen molar-refractivity contribution in [2.75, 3.05) is 0 Å². The smallest absolute Gasteiger partial charge is 0.229 e.